The van der Waals surface area contributed by atoms with E-state index in [1.807, 2.05) is 66.7 Å². The molecule has 0 aliphatic carbocycles. The van der Waals surface area contributed by atoms with Crippen molar-refractivity contribution >= 4 is 23.5 Å². The first-order valence-electron chi connectivity index (χ1n) is 8.14. The van der Waals surface area contributed by atoms with Crippen molar-refractivity contribution in [3.8, 4) is 11.5 Å². The van der Waals surface area contributed by atoms with Crippen molar-refractivity contribution in [2.75, 3.05) is 12.5 Å². The number of anilines is 1. The molecule has 0 bridgehead atoms. The Labute approximate surface area is 158 Å². The SMILES string of the molecule is COc1cccc(C=NNc2cccc(Cl)c2)c1OCc1ccccc1. The van der Waals surface area contributed by atoms with Crippen molar-refractivity contribution in [3.63, 3.8) is 0 Å². The molecule has 0 aliphatic rings. The van der Waals surface area contributed by atoms with Gasteiger partial charge in [-0.25, -0.2) is 0 Å². The van der Waals surface area contributed by atoms with Gasteiger partial charge in [-0.2, -0.15) is 5.10 Å². The Morgan fingerprint density at radius 2 is 1.81 bits per heavy atom. The molecule has 0 heterocycles. The monoisotopic (exact) mass is 366 g/mol. The van der Waals surface area contributed by atoms with E-state index >= 15 is 0 Å². The zero-order valence-corrected chi connectivity index (χ0v) is 15.1. The first kappa shape index (κ1) is 17.8. The van der Waals surface area contributed by atoms with Gasteiger partial charge in [-0.3, -0.25) is 5.43 Å². The van der Waals surface area contributed by atoms with Gasteiger partial charge in [-0.15, -0.1) is 0 Å². The average Bonchev–Trinajstić information content (AvgIpc) is 2.67. The smallest absolute Gasteiger partial charge is 0.170 e. The standard InChI is InChI=1S/C21H19ClN2O2/c1-25-20-12-5-9-17(14-23-24-19-11-6-10-18(22)13-19)21(20)26-15-16-7-3-2-4-8-16/h2-14,24H,15H2,1H3. The third-order valence-corrected chi connectivity index (χ3v) is 3.91. The molecule has 0 fully saturated rings. The normalized spacial score (nSPS) is 10.7. The van der Waals surface area contributed by atoms with Crippen LogP contribution in [-0.2, 0) is 6.61 Å². The predicted octanol–water partition coefficient (Wildman–Crippen LogP) is 5.37. The highest BCUT2D eigenvalue weighted by Gasteiger charge is 2.09. The summed E-state index contributed by atoms with van der Waals surface area (Å²) in [5.74, 6) is 1.31. The molecule has 0 unspecified atom stereocenters. The number of nitrogens with zero attached hydrogens (tertiary/aromatic N) is 1. The summed E-state index contributed by atoms with van der Waals surface area (Å²) >= 11 is 5.98. The highest BCUT2D eigenvalue weighted by Crippen LogP contribution is 2.31. The Hall–Kier alpha value is -2.98. The number of rotatable bonds is 7. The molecule has 5 heteroatoms. The number of halogens is 1. The summed E-state index contributed by atoms with van der Waals surface area (Å²) < 4.78 is 11.4. The van der Waals surface area contributed by atoms with E-state index in [1.165, 1.54) is 0 Å². The summed E-state index contributed by atoms with van der Waals surface area (Å²) in [6.07, 6.45) is 1.70. The number of nitrogens with one attached hydrogen (secondary N) is 1. The molecular weight excluding hydrogens is 348 g/mol. The van der Waals surface area contributed by atoms with Gasteiger partial charge >= 0.3 is 0 Å². The van der Waals surface area contributed by atoms with Crippen LogP contribution in [0, 0.1) is 0 Å². The molecule has 0 atom stereocenters. The van der Waals surface area contributed by atoms with Gasteiger partial charge in [0.15, 0.2) is 11.5 Å². The summed E-state index contributed by atoms with van der Waals surface area (Å²) in [6.45, 7) is 0.448. The van der Waals surface area contributed by atoms with Gasteiger partial charge in [0, 0.05) is 10.6 Å². The third kappa shape index (κ3) is 4.77. The Bertz CT molecular complexity index is 882. The fraction of sp³-hybridized carbons (Fsp3) is 0.0952. The molecule has 3 aromatic carbocycles. The van der Waals surface area contributed by atoms with E-state index < -0.39 is 0 Å². The van der Waals surface area contributed by atoms with E-state index in [2.05, 4.69) is 10.5 Å². The lowest BCUT2D eigenvalue weighted by atomic mass is 10.2. The summed E-state index contributed by atoms with van der Waals surface area (Å²) in [4.78, 5) is 0. The van der Waals surface area contributed by atoms with Crippen LogP contribution in [0.2, 0.25) is 5.02 Å². The van der Waals surface area contributed by atoms with Crippen LogP contribution in [0.15, 0.2) is 77.9 Å². The molecule has 0 aromatic heterocycles. The number of hydrogen-bond acceptors (Lipinski definition) is 4. The Morgan fingerprint density at radius 1 is 1.00 bits per heavy atom. The molecule has 132 valence electrons. The highest BCUT2D eigenvalue weighted by atomic mass is 35.5. The van der Waals surface area contributed by atoms with Crippen LogP contribution in [0.4, 0.5) is 5.69 Å². The lowest BCUT2D eigenvalue weighted by Gasteiger charge is -2.13. The minimum Gasteiger partial charge on any atom is -0.493 e. The molecule has 0 radical (unpaired) electrons. The van der Waals surface area contributed by atoms with Gasteiger partial charge in [-0.05, 0) is 35.9 Å². The second kappa shape index (κ2) is 8.92. The van der Waals surface area contributed by atoms with Crippen LogP contribution >= 0.6 is 11.6 Å². The summed E-state index contributed by atoms with van der Waals surface area (Å²) in [5, 5.41) is 4.93. The minimum atomic E-state index is 0.448. The quantitative estimate of drug-likeness (QED) is 0.451. The van der Waals surface area contributed by atoms with Gasteiger partial charge in [-0.1, -0.05) is 54.1 Å². The number of hydrazone groups is 1. The Kier molecular flexibility index (Phi) is 6.12. The van der Waals surface area contributed by atoms with Crippen molar-refractivity contribution in [3.05, 3.63) is 88.9 Å². The molecule has 0 saturated heterocycles. The number of ether oxygens (including phenoxy) is 2. The topological polar surface area (TPSA) is 42.8 Å². The van der Waals surface area contributed by atoms with Crippen molar-refractivity contribution in [1.29, 1.82) is 0 Å². The van der Waals surface area contributed by atoms with E-state index in [1.54, 1.807) is 19.4 Å². The molecular formula is C21H19ClN2O2. The van der Waals surface area contributed by atoms with E-state index in [0.717, 1.165) is 16.8 Å². The number of para-hydroxylation sites is 1. The van der Waals surface area contributed by atoms with Gasteiger partial charge in [0.1, 0.15) is 6.61 Å². The molecule has 3 rings (SSSR count). The van der Waals surface area contributed by atoms with Crippen LogP contribution in [0.5, 0.6) is 11.5 Å². The summed E-state index contributed by atoms with van der Waals surface area (Å²) in [7, 11) is 1.62. The lowest BCUT2D eigenvalue weighted by Crippen LogP contribution is -2.01. The fourth-order valence-corrected chi connectivity index (χ4v) is 2.60. The van der Waals surface area contributed by atoms with Gasteiger partial charge in [0.2, 0.25) is 0 Å². The average molecular weight is 367 g/mol. The van der Waals surface area contributed by atoms with Crippen LogP contribution in [0.25, 0.3) is 0 Å². The van der Waals surface area contributed by atoms with E-state index in [-0.39, 0.29) is 0 Å². The first-order valence-corrected chi connectivity index (χ1v) is 8.52. The number of benzene rings is 3. The Balaban J connectivity index is 1.76. The van der Waals surface area contributed by atoms with Gasteiger partial charge < -0.3 is 9.47 Å². The largest absolute Gasteiger partial charge is 0.493 e. The van der Waals surface area contributed by atoms with Crippen molar-refractivity contribution < 1.29 is 9.47 Å². The highest BCUT2D eigenvalue weighted by molar-refractivity contribution is 6.30. The maximum atomic E-state index is 6.00. The molecule has 3 aromatic rings. The molecule has 1 N–H and O–H groups in total. The minimum absolute atomic E-state index is 0.448. The maximum Gasteiger partial charge on any atom is 0.170 e. The van der Waals surface area contributed by atoms with Crippen molar-refractivity contribution in [2.45, 2.75) is 6.61 Å². The third-order valence-electron chi connectivity index (χ3n) is 3.68. The molecule has 0 spiro atoms. The van der Waals surface area contributed by atoms with Gasteiger partial charge in [0.05, 0.1) is 19.0 Å². The van der Waals surface area contributed by atoms with E-state index in [0.29, 0.717) is 23.1 Å². The maximum absolute atomic E-state index is 6.00. The second-order valence-electron chi connectivity index (χ2n) is 5.53. The van der Waals surface area contributed by atoms with Crippen LogP contribution in [0.3, 0.4) is 0 Å². The van der Waals surface area contributed by atoms with Crippen molar-refractivity contribution in [1.82, 2.24) is 0 Å². The van der Waals surface area contributed by atoms with Crippen molar-refractivity contribution in [2.24, 2.45) is 5.10 Å². The predicted molar refractivity (Wildman–Crippen MR) is 106 cm³/mol. The Morgan fingerprint density at radius 3 is 2.58 bits per heavy atom. The van der Waals surface area contributed by atoms with E-state index in [4.69, 9.17) is 21.1 Å². The van der Waals surface area contributed by atoms with Crippen LogP contribution in [0.1, 0.15) is 11.1 Å². The molecule has 4 nitrogen and oxygen atoms in total. The number of methoxy groups -OCH3 is 1. The van der Waals surface area contributed by atoms with Crippen LogP contribution < -0.4 is 14.9 Å². The molecule has 0 saturated carbocycles. The lowest BCUT2D eigenvalue weighted by molar-refractivity contribution is 0.284. The van der Waals surface area contributed by atoms with E-state index in [9.17, 15) is 0 Å². The zero-order chi connectivity index (χ0) is 18.2. The molecule has 0 aliphatic heterocycles. The summed E-state index contributed by atoms with van der Waals surface area (Å²) in [6, 6.07) is 23.0. The van der Waals surface area contributed by atoms with Crippen LogP contribution in [-0.4, -0.2) is 13.3 Å². The fourth-order valence-electron chi connectivity index (χ4n) is 2.41. The zero-order valence-electron chi connectivity index (χ0n) is 14.4. The number of hydrogen-bond donors (Lipinski definition) is 1. The molecule has 0 amide bonds. The summed E-state index contributed by atoms with van der Waals surface area (Å²) in [5.41, 5.74) is 5.67. The molecule has 26 heavy (non-hydrogen) atoms. The first-order chi connectivity index (χ1) is 12.8. The second-order valence-corrected chi connectivity index (χ2v) is 5.97. The van der Waals surface area contributed by atoms with Gasteiger partial charge in [0.25, 0.3) is 0 Å².